The molecule has 0 aliphatic rings. The normalized spacial score (nSPS) is 10.3. The van der Waals surface area contributed by atoms with Crippen molar-refractivity contribution < 1.29 is 4.74 Å². The molecule has 0 atom stereocenters. The quantitative estimate of drug-likeness (QED) is 0.882. The first-order valence-corrected chi connectivity index (χ1v) is 7.12. The molecule has 0 fully saturated rings. The van der Waals surface area contributed by atoms with E-state index in [9.17, 15) is 0 Å². The number of aromatic nitrogens is 2. The van der Waals surface area contributed by atoms with E-state index in [-0.39, 0.29) is 0 Å². The van der Waals surface area contributed by atoms with Crippen LogP contribution in [0.1, 0.15) is 19.0 Å². The van der Waals surface area contributed by atoms with Gasteiger partial charge in [0, 0.05) is 25.4 Å². The molecular weight excluding hydrogens is 264 g/mol. The van der Waals surface area contributed by atoms with Crippen LogP contribution >= 0.6 is 0 Å². The van der Waals surface area contributed by atoms with Gasteiger partial charge in [0.15, 0.2) is 0 Å². The number of nitrogens with one attached hydrogen (secondary N) is 1. The third-order valence-corrected chi connectivity index (χ3v) is 3.16. The van der Waals surface area contributed by atoms with E-state index < -0.39 is 0 Å². The van der Waals surface area contributed by atoms with Gasteiger partial charge in [-0.1, -0.05) is 19.1 Å². The molecule has 1 aromatic heterocycles. The van der Waals surface area contributed by atoms with Gasteiger partial charge in [-0.3, -0.25) is 0 Å². The van der Waals surface area contributed by atoms with Gasteiger partial charge in [0.2, 0.25) is 5.95 Å². The maximum atomic E-state index is 5.41. The van der Waals surface area contributed by atoms with E-state index in [4.69, 9.17) is 4.74 Å². The average molecular weight is 286 g/mol. The van der Waals surface area contributed by atoms with Gasteiger partial charge in [0.1, 0.15) is 11.6 Å². The van der Waals surface area contributed by atoms with E-state index in [0.29, 0.717) is 5.95 Å². The largest absolute Gasteiger partial charge is 0.495 e. The zero-order valence-corrected chi connectivity index (χ0v) is 13.1. The number of hydrogen-bond acceptors (Lipinski definition) is 5. The first-order chi connectivity index (χ1) is 10.2. The average Bonchev–Trinajstić information content (AvgIpc) is 2.51. The highest BCUT2D eigenvalue weighted by atomic mass is 16.5. The molecule has 0 saturated carbocycles. The maximum absolute atomic E-state index is 5.41. The Labute approximate surface area is 126 Å². The fourth-order valence-corrected chi connectivity index (χ4v) is 2.07. The summed E-state index contributed by atoms with van der Waals surface area (Å²) in [5.41, 5.74) is 1.90. The number of ether oxygens (including phenoxy) is 1. The predicted molar refractivity (Wildman–Crippen MR) is 86.6 cm³/mol. The Hall–Kier alpha value is -2.30. The Morgan fingerprint density at radius 3 is 2.71 bits per heavy atom. The van der Waals surface area contributed by atoms with Crippen LogP contribution in [0.2, 0.25) is 0 Å². The number of rotatable bonds is 6. The summed E-state index contributed by atoms with van der Waals surface area (Å²) in [5.74, 6) is 2.32. The second-order valence-corrected chi connectivity index (χ2v) is 4.85. The molecule has 1 N–H and O–H groups in total. The first-order valence-electron chi connectivity index (χ1n) is 7.12. The molecule has 5 nitrogen and oxygen atoms in total. The second-order valence-electron chi connectivity index (χ2n) is 4.85. The van der Waals surface area contributed by atoms with E-state index in [2.05, 4.69) is 22.2 Å². The standard InChI is InChI=1S/C16H22N4O/c1-5-10-17-16-18-12(2)11-15(19-16)20(3)13-8-6-7-9-14(13)21-4/h6-9,11H,5,10H2,1-4H3,(H,17,18,19). The SMILES string of the molecule is CCCNc1nc(C)cc(N(C)c2ccccc2OC)n1. The van der Waals surface area contributed by atoms with Crippen LogP contribution in [0.25, 0.3) is 0 Å². The molecule has 21 heavy (non-hydrogen) atoms. The highest BCUT2D eigenvalue weighted by Gasteiger charge is 2.12. The third-order valence-electron chi connectivity index (χ3n) is 3.16. The summed E-state index contributed by atoms with van der Waals surface area (Å²) in [6, 6.07) is 9.85. The van der Waals surface area contributed by atoms with Crippen LogP contribution < -0.4 is 15.0 Å². The van der Waals surface area contributed by atoms with Crippen LogP contribution in [0.15, 0.2) is 30.3 Å². The van der Waals surface area contributed by atoms with Crippen LogP contribution in [0.4, 0.5) is 17.5 Å². The van der Waals surface area contributed by atoms with Gasteiger partial charge in [-0.15, -0.1) is 0 Å². The van der Waals surface area contributed by atoms with Crippen LogP contribution in [-0.4, -0.2) is 30.7 Å². The topological polar surface area (TPSA) is 50.3 Å². The fourth-order valence-electron chi connectivity index (χ4n) is 2.07. The molecule has 0 bridgehead atoms. The molecule has 0 amide bonds. The number of para-hydroxylation sites is 2. The zero-order valence-electron chi connectivity index (χ0n) is 13.1. The van der Waals surface area contributed by atoms with Crippen molar-refractivity contribution in [3.05, 3.63) is 36.0 Å². The highest BCUT2D eigenvalue weighted by Crippen LogP contribution is 2.31. The van der Waals surface area contributed by atoms with Crippen LogP contribution in [-0.2, 0) is 0 Å². The molecule has 2 rings (SSSR count). The number of anilines is 3. The highest BCUT2D eigenvalue weighted by molar-refractivity contribution is 5.67. The molecule has 0 aliphatic carbocycles. The smallest absolute Gasteiger partial charge is 0.224 e. The molecule has 1 aromatic carbocycles. The molecular formula is C16H22N4O. The summed E-state index contributed by atoms with van der Waals surface area (Å²) < 4.78 is 5.41. The fraction of sp³-hybridized carbons (Fsp3) is 0.375. The monoisotopic (exact) mass is 286 g/mol. The lowest BCUT2D eigenvalue weighted by atomic mass is 10.2. The lowest BCUT2D eigenvalue weighted by Gasteiger charge is -2.21. The lowest BCUT2D eigenvalue weighted by molar-refractivity contribution is 0.415. The Morgan fingerprint density at radius 2 is 2.00 bits per heavy atom. The maximum Gasteiger partial charge on any atom is 0.224 e. The summed E-state index contributed by atoms with van der Waals surface area (Å²) in [6.07, 6.45) is 1.04. The molecule has 2 aromatic rings. The minimum absolute atomic E-state index is 0.661. The van der Waals surface area contributed by atoms with E-state index >= 15 is 0 Å². The Kier molecular flexibility index (Phi) is 4.98. The van der Waals surface area contributed by atoms with Crippen molar-refractivity contribution in [3.63, 3.8) is 0 Å². The number of benzene rings is 1. The molecule has 112 valence electrons. The first kappa shape index (κ1) is 15.1. The predicted octanol–water partition coefficient (Wildman–Crippen LogP) is 3.38. The summed E-state index contributed by atoms with van der Waals surface area (Å²) in [7, 11) is 3.65. The molecule has 0 radical (unpaired) electrons. The lowest BCUT2D eigenvalue weighted by Crippen LogP contribution is -2.15. The number of aryl methyl sites for hydroxylation is 1. The number of nitrogens with zero attached hydrogens (tertiary/aromatic N) is 3. The van der Waals surface area contributed by atoms with Gasteiger partial charge in [-0.25, -0.2) is 4.98 Å². The number of methoxy groups -OCH3 is 1. The van der Waals surface area contributed by atoms with Gasteiger partial charge in [-0.05, 0) is 25.5 Å². The molecule has 0 saturated heterocycles. The zero-order chi connectivity index (χ0) is 15.2. The molecule has 0 spiro atoms. The minimum Gasteiger partial charge on any atom is -0.495 e. The van der Waals surface area contributed by atoms with Gasteiger partial charge in [0.25, 0.3) is 0 Å². The summed E-state index contributed by atoms with van der Waals surface area (Å²) in [6.45, 7) is 4.95. The van der Waals surface area contributed by atoms with Crippen molar-refractivity contribution in [3.8, 4) is 5.75 Å². The van der Waals surface area contributed by atoms with E-state index in [1.165, 1.54) is 0 Å². The number of hydrogen-bond donors (Lipinski definition) is 1. The van der Waals surface area contributed by atoms with Crippen LogP contribution in [0.5, 0.6) is 5.75 Å². The second kappa shape index (κ2) is 6.92. The van der Waals surface area contributed by atoms with Gasteiger partial charge in [0.05, 0.1) is 12.8 Å². The summed E-state index contributed by atoms with van der Waals surface area (Å²) in [5, 5.41) is 3.23. The van der Waals surface area contributed by atoms with Crippen LogP contribution in [0.3, 0.4) is 0 Å². The van der Waals surface area contributed by atoms with Crippen molar-refractivity contribution in [1.82, 2.24) is 9.97 Å². The van der Waals surface area contributed by atoms with E-state index in [0.717, 1.165) is 35.9 Å². The Morgan fingerprint density at radius 1 is 1.24 bits per heavy atom. The molecule has 0 aliphatic heterocycles. The van der Waals surface area contributed by atoms with Crippen LogP contribution in [0, 0.1) is 6.92 Å². The molecule has 0 unspecified atom stereocenters. The molecule has 1 heterocycles. The molecule has 5 heteroatoms. The van der Waals surface area contributed by atoms with Gasteiger partial charge >= 0.3 is 0 Å². The van der Waals surface area contributed by atoms with Crippen molar-refractivity contribution in [2.75, 3.05) is 30.9 Å². The Bertz CT molecular complexity index is 601. The van der Waals surface area contributed by atoms with Gasteiger partial charge < -0.3 is 15.0 Å². The van der Waals surface area contributed by atoms with Crippen molar-refractivity contribution in [2.24, 2.45) is 0 Å². The summed E-state index contributed by atoms with van der Waals surface area (Å²) in [4.78, 5) is 11.0. The summed E-state index contributed by atoms with van der Waals surface area (Å²) >= 11 is 0. The van der Waals surface area contributed by atoms with E-state index in [1.54, 1.807) is 7.11 Å². The minimum atomic E-state index is 0.661. The van der Waals surface area contributed by atoms with Crippen molar-refractivity contribution >= 4 is 17.5 Å². The van der Waals surface area contributed by atoms with Gasteiger partial charge in [-0.2, -0.15) is 4.98 Å². The Balaban J connectivity index is 2.34. The van der Waals surface area contributed by atoms with E-state index in [1.807, 2.05) is 49.2 Å². The third kappa shape index (κ3) is 3.62. The van der Waals surface area contributed by atoms with Crippen molar-refractivity contribution in [2.45, 2.75) is 20.3 Å². The van der Waals surface area contributed by atoms with Crippen molar-refractivity contribution in [1.29, 1.82) is 0 Å².